The second-order valence-corrected chi connectivity index (χ2v) is 7.61. The molecule has 0 aromatic heterocycles. The summed E-state index contributed by atoms with van der Waals surface area (Å²) in [6, 6.07) is 16.9. The minimum atomic E-state index is -1.14. The summed E-state index contributed by atoms with van der Waals surface area (Å²) in [5.41, 5.74) is 1.37. The SMILES string of the molecule is COc1cc(C)c(CN2C(=O)N[C@](C)(c3cccc4ccccc34)C2=O)cc1OC. The van der Waals surface area contributed by atoms with Gasteiger partial charge in [-0.2, -0.15) is 0 Å². The number of hydrogen-bond donors (Lipinski definition) is 1. The number of urea groups is 1. The van der Waals surface area contributed by atoms with E-state index in [1.165, 1.54) is 4.90 Å². The van der Waals surface area contributed by atoms with E-state index in [1.54, 1.807) is 21.1 Å². The third-order valence-corrected chi connectivity index (χ3v) is 5.77. The molecular formula is C24H24N2O4. The molecule has 6 heteroatoms. The van der Waals surface area contributed by atoms with E-state index in [4.69, 9.17) is 9.47 Å². The molecule has 1 N–H and O–H groups in total. The fraction of sp³-hybridized carbons (Fsp3) is 0.250. The second kappa shape index (κ2) is 7.37. The lowest BCUT2D eigenvalue weighted by Gasteiger charge is -2.24. The van der Waals surface area contributed by atoms with Gasteiger partial charge in [0.05, 0.1) is 20.8 Å². The van der Waals surface area contributed by atoms with Gasteiger partial charge >= 0.3 is 6.03 Å². The molecule has 154 valence electrons. The fourth-order valence-electron chi connectivity index (χ4n) is 4.05. The molecule has 0 bridgehead atoms. The molecule has 3 aromatic rings. The average Bonchev–Trinajstić information content (AvgIpc) is 2.97. The smallest absolute Gasteiger partial charge is 0.325 e. The first-order valence-electron chi connectivity index (χ1n) is 9.73. The van der Waals surface area contributed by atoms with Gasteiger partial charge in [0.15, 0.2) is 11.5 Å². The summed E-state index contributed by atoms with van der Waals surface area (Å²) >= 11 is 0. The number of aryl methyl sites for hydroxylation is 1. The van der Waals surface area contributed by atoms with Crippen LogP contribution in [0.4, 0.5) is 4.79 Å². The maximum atomic E-state index is 13.5. The predicted molar refractivity (Wildman–Crippen MR) is 115 cm³/mol. The molecule has 1 aliphatic heterocycles. The lowest BCUT2D eigenvalue weighted by atomic mass is 9.87. The summed E-state index contributed by atoms with van der Waals surface area (Å²) in [5.74, 6) is 0.886. The Morgan fingerprint density at radius 1 is 0.967 bits per heavy atom. The van der Waals surface area contributed by atoms with Crippen molar-refractivity contribution in [2.45, 2.75) is 25.9 Å². The van der Waals surface area contributed by atoms with Gasteiger partial charge in [0.25, 0.3) is 5.91 Å². The maximum Gasteiger partial charge on any atom is 0.325 e. The van der Waals surface area contributed by atoms with Crippen molar-refractivity contribution >= 4 is 22.7 Å². The topological polar surface area (TPSA) is 67.9 Å². The van der Waals surface area contributed by atoms with Crippen molar-refractivity contribution in [3.8, 4) is 11.5 Å². The van der Waals surface area contributed by atoms with E-state index in [0.29, 0.717) is 11.5 Å². The van der Waals surface area contributed by atoms with Crippen molar-refractivity contribution in [3.05, 3.63) is 71.3 Å². The van der Waals surface area contributed by atoms with Crippen molar-refractivity contribution < 1.29 is 19.1 Å². The van der Waals surface area contributed by atoms with Crippen LogP contribution in [0.5, 0.6) is 11.5 Å². The Morgan fingerprint density at radius 2 is 1.63 bits per heavy atom. The van der Waals surface area contributed by atoms with E-state index >= 15 is 0 Å². The zero-order valence-corrected chi connectivity index (χ0v) is 17.5. The highest BCUT2D eigenvalue weighted by atomic mass is 16.5. The standard InChI is InChI=1S/C24H24N2O4/c1-15-12-20(29-3)21(30-4)13-17(15)14-26-22(27)24(2,25-23(26)28)19-11-7-9-16-8-5-6-10-18(16)19/h5-13H,14H2,1-4H3,(H,25,28)/t24-/m1/s1. The van der Waals surface area contributed by atoms with Gasteiger partial charge in [0, 0.05) is 0 Å². The largest absolute Gasteiger partial charge is 0.493 e. The molecule has 1 heterocycles. The Hall–Kier alpha value is -3.54. The molecular weight excluding hydrogens is 380 g/mol. The second-order valence-electron chi connectivity index (χ2n) is 7.61. The molecule has 0 radical (unpaired) electrons. The number of rotatable bonds is 5. The molecule has 30 heavy (non-hydrogen) atoms. The summed E-state index contributed by atoms with van der Waals surface area (Å²) in [5, 5.41) is 4.88. The van der Waals surface area contributed by atoms with Gasteiger partial charge in [-0.1, -0.05) is 42.5 Å². The predicted octanol–water partition coefficient (Wildman–Crippen LogP) is 4.13. The lowest BCUT2D eigenvalue weighted by Crippen LogP contribution is -2.41. The number of imide groups is 1. The number of amides is 3. The van der Waals surface area contributed by atoms with Gasteiger partial charge in [0.1, 0.15) is 5.54 Å². The van der Waals surface area contributed by atoms with Crippen LogP contribution < -0.4 is 14.8 Å². The van der Waals surface area contributed by atoms with E-state index < -0.39 is 11.6 Å². The zero-order valence-electron chi connectivity index (χ0n) is 17.5. The Kier molecular flexibility index (Phi) is 4.86. The number of ether oxygens (including phenoxy) is 2. The Bertz CT molecular complexity index is 1150. The number of fused-ring (bicyclic) bond motifs is 1. The number of nitrogens with one attached hydrogen (secondary N) is 1. The van der Waals surface area contributed by atoms with E-state index in [0.717, 1.165) is 27.5 Å². The van der Waals surface area contributed by atoms with Crippen molar-refractivity contribution in [1.82, 2.24) is 10.2 Å². The van der Waals surface area contributed by atoms with E-state index in [9.17, 15) is 9.59 Å². The van der Waals surface area contributed by atoms with Crippen molar-refractivity contribution in [3.63, 3.8) is 0 Å². The van der Waals surface area contributed by atoms with Gasteiger partial charge in [-0.15, -0.1) is 0 Å². The maximum absolute atomic E-state index is 13.5. The highest BCUT2D eigenvalue weighted by Crippen LogP contribution is 2.36. The van der Waals surface area contributed by atoms with Crippen molar-refractivity contribution in [2.75, 3.05) is 14.2 Å². The highest BCUT2D eigenvalue weighted by molar-refractivity contribution is 6.09. The molecule has 1 fully saturated rings. The molecule has 0 spiro atoms. The molecule has 1 aliphatic rings. The van der Waals surface area contributed by atoms with Gasteiger partial charge in [-0.3, -0.25) is 9.69 Å². The third kappa shape index (κ3) is 3.05. The quantitative estimate of drug-likeness (QED) is 0.649. The number of methoxy groups -OCH3 is 2. The molecule has 0 aliphatic carbocycles. The Morgan fingerprint density at radius 3 is 2.37 bits per heavy atom. The Balaban J connectivity index is 1.71. The van der Waals surface area contributed by atoms with E-state index in [-0.39, 0.29) is 12.5 Å². The third-order valence-electron chi connectivity index (χ3n) is 5.77. The Labute approximate surface area is 175 Å². The van der Waals surface area contributed by atoms with Crippen LogP contribution in [0.25, 0.3) is 10.8 Å². The molecule has 1 atom stereocenters. The van der Waals surface area contributed by atoms with E-state index in [2.05, 4.69) is 5.32 Å². The van der Waals surface area contributed by atoms with Crippen molar-refractivity contribution in [1.29, 1.82) is 0 Å². The van der Waals surface area contributed by atoms with Crippen LogP contribution in [0.15, 0.2) is 54.6 Å². The molecule has 3 aromatic carbocycles. The van der Waals surface area contributed by atoms with E-state index in [1.807, 2.05) is 61.5 Å². The van der Waals surface area contributed by atoms with Crippen LogP contribution in [0, 0.1) is 6.92 Å². The van der Waals surface area contributed by atoms with Crippen molar-refractivity contribution in [2.24, 2.45) is 0 Å². The minimum absolute atomic E-state index is 0.150. The number of nitrogens with zero attached hydrogens (tertiary/aromatic N) is 1. The fourth-order valence-corrected chi connectivity index (χ4v) is 4.05. The number of hydrogen-bond acceptors (Lipinski definition) is 4. The first-order chi connectivity index (χ1) is 14.4. The van der Waals surface area contributed by atoms with Crippen LogP contribution >= 0.6 is 0 Å². The lowest BCUT2D eigenvalue weighted by molar-refractivity contribution is -0.131. The number of carbonyl (C=O) groups excluding carboxylic acids is 2. The molecule has 6 nitrogen and oxygen atoms in total. The van der Waals surface area contributed by atoms with Gasteiger partial charge in [0.2, 0.25) is 0 Å². The molecule has 0 saturated carbocycles. The molecule has 0 unspecified atom stereocenters. The van der Waals surface area contributed by atoms with Crippen LogP contribution in [-0.2, 0) is 16.9 Å². The van der Waals surface area contributed by atoms with Crippen LogP contribution in [0.3, 0.4) is 0 Å². The number of carbonyl (C=O) groups is 2. The molecule has 1 saturated heterocycles. The normalized spacial score (nSPS) is 18.6. The van der Waals surface area contributed by atoms with Crippen LogP contribution in [-0.4, -0.2) is 31.1 Å². The first kappa shape index (κ1) is 19.8. The number of benzene rings is 3. The minimum Gasteiger partial charge on any atom is -0.493 e. The molecule has 4 rings (SSSR count). The summed E-state index contributed by atoms with van der Waals surface area (Å²) in [6.45, 7) is 3.83. The van der Waals surface area contributed by atoms with Crippen LogP contribution in [0.2, 0.25) is 0 Å². The molecule has 3 amide bonds. The zero-order chi connectivity index (χ0) is 21.5. The summed E-state index contributed by atoms with van der Waals surface area (Å²) in [6.07, 6.45) is 0. The first-order valence-corrected chi connectivity index (χ1v) is 9.73. The van der Waals surface area contributed by atoms with Gasteiger partial charge in [-0.25, -0.2) is 4.79 Å². The van der Waals surface area contributed by atoms with Gasteiger partial charge in [-0.05, 0) is 53.4 Å². The highest BCUT2D eigenvalue weighted by Gasteiger charge is 2.49. The summed E-state index contributed by atoms with van der Waals surface area (Å²) in [7, 11) is 3.13. The summed E-state index contributed by atoms with van der Waals surface area (Å²) < 4.78 is 10.7. The summed E-state index contributed by atoms with van der Waals surface area (Å²) in [4.78, 5) is 27.6. The monoisotopic (exact) mass is 404 g/mol. The average molecular weight is 404 g/mol. The van der Waals surface area contributed by atoms with Crippen LogP contribution in [0.1, 0.15) is 23.6 Å². The van der Waals surface area contributed by atoms with Gasteiger partial charge < -0.3 is 14.8 Å².